The Labute approximate surface area is 195 Å². The average molecular weight is 473 g/mol. The fraction of sp³-hybridized carbons (Fsp3) is 0.652. The first-order chi connectivity index (χ1) is 15.7. The lowest BCUT2D eigenvalue weighted by molar-refractivity contribution is -0.128. The lowest BCUT2D eigenvalue weighted by Crippen LogP contribution is -2.58. The third-order valence-corrected chi connectivity index (χ3v) is 9.78. The van der Waals surface area contributed by atoms with E-state index in [4.69, 9.17) is 0 Å². The average Bonchev–Trinajstić information content (AvgIpc) is 3.54. The number of carbonyl (C=O) groups excluding carboxylic acids is 1. The van der Waals surface area contributed by atoms with Gasteiger partial charge in [0, 0.05) is 36.4 Å². The predicted octanol–water partition coefficient (Wildman–Crippen LogP) is 1.61. The molecule has 10 heteroatoms. The number of carbonyl (C=O) groups is 1. The minimum absolute atomic E-state index is 0.00414. The van der Waals surface area contributed by atoms with E-state index in [9.17, 15) is 18.5 Å². The van der Waals surface area contributed by atoms with Crippen LogP contribution in [0.3, 0.4) is 0 Å². The molecule has 1 aromatic carbocycles. The highest BCUT2D eigenvalue weighted by Gasteiger charge is 2.52. The molecule has 9 nitrogen and oxygen atoms in total. The zero-order chi connectivity index (χ0) is 23.4. The summed E-state index contributed by atoms with van der Waals surface area (Å²) < 4.78 is 27.5. The zero-order valence-electron chi connectivity index (χ0n) is 19.1. The number of anilines is 1. The van der Waals surface area contributed by atoms with Gasteiger partial charge in [0.15, 0.2) is 0 Å². The number of sulfonamides is 1. The molecule has 1 amide bonds. The smallest absolute Gasteiger partial charge is 0.243 e. The molecule has 4 aliphatic rings. The number of hydrazine groups is 1. The van der Waals surface area contributed by atoms with Gasteiger partial charge in [0.1, 0.15) is 6.17 Å². The van der Waals surface area contributed by atoms with Gasteiger partial charge in [0.2, 0.25) is 15.9 Å². The van der Waals surface area contributed by atoms with Crippen LogP contribution in [0, 0.1) is 23.2 Å². The van der Waals surface area contributed by atoms with Crippen LogP contribution in [0.25, 0.3) is 0 Å². The van der Waals surface area contributed by atoms with Crippen molar-refractivity contribution in [3.05, 3.63) is 24.3 Å². The van der Waals surface area contributed by atoms with Crippen molar-refractivity contribution in [3.8, 4) is 6.07 Å². The molecule has 3 heterocycles. The number of hydrogen-bond donors (Lipinski definition) is 3. The second-order valence-electron chi connectivity index (χ2n) is 10.3. The summed E-state index contributed by atoms with van der Waals surface area (Å²) in [5.41, 5.74) is 3.89. The van der Waals surface area contributed by atoms with Gasteiger partial charge >= 0.3 is 0 Å². The molecule has 3 N–H and O–H groups in total. The molecule has 3 aliphatic heterocycles. The van der Waals surface area contributed by atoms with E-state index in [0.717, 1.165) is 31.4 Å². The van der Waals surface area contributed by atoms with E-state index < -0.39 is 10.0 Å². The Balaban J connectivity index is 1.34. The van der Waals surface area contributed by atoms with Gasteiger partial charge in [-0.05, 0) is 69.7 Å². The highest BCUT2D eigenvalue weighted by molar-refractivity contribution is 7.89. The summed E-state index contributed by atoms with van der Waals surface area (Å²) in [6.07, 6.45) is 4.04. The lowest BCUT2D eigenvalue weighted by Gasteiger charge is -2.46. The standard InChI is InChI=1S/C23H32N6O3S/c1-23(2)11-14-28(23)33(31,32)17-7-5-16(6-8-17)26-21-20-19(10-13-25-22(20)30)29(27-21)18(9-12-24)15-3-4-15/h5-8,15,18-21,26-27H,3-4,9-11,13-14H2,1-2H3,(H,25,30)/t18-,19?,20?,21?/m0/s1. The first kappa shape index (κ1) is 22.6. The maximum Gasteiger partial charge on any atom is 0.243 e. The number of amides is 1. The van der Waals surface area contributed by atoms with E-state index in [0.29, 0.717) is 25.4 Å². The Morgan fingerprint density at radius 1 is 1.24 bits per heavy atom. The van der Waals surface area contributed by atoms with Crippen LogP contribution in [0.2, 0.25) is 0 Å². The second-order valence-corrected chi connectivity index (χ2v) is 12.1. The Morgan fingerprint density at radius 2 is 1.97 bits per heavy atom. The van der Waals surface area contributed by atoms with Crippen molar-refractivity contribution in [2.45, 2.75) is 74.6 Å². The molecule has 1 aromatic rings. The lowest BCUT2D eigenvalue weighted by atomic mass is 9.90. The molecule has 0 spiro atoms. The van der Waals surface area contributed by atoms with Crippen LogP contribution in [0.15, 0.2) is 29.2 Å². The molecule has 1 saturated carbocycles. The number of nitrogens with zero attached hydrogens (tertiary/aromatic N) is 3. The fourth-order valence-corrected chi connectivity index (χ4v) is 7.30. The van der Waals surface area contributed by atoms with Crippen molar-refractivity contribution in [2.24, 2.45) is 11.8 Å². The van der Waals surface area contributed by atoms with Crippen LogP contribution in [-0.4, -0.2) is 60.5 Å². The van der Waals surface area contributed by atoms with Crippen molar-refractivity contribution in [2.75, 3.05) is 18.4 Å². The first-order valence-corrected chi connectivity index (χ1v) is 13.2. The molecule has 1 aliphatic carbocycles. The Hall–Kier alpha value is -2.19. The number of fused-ring (bicyclic) bond motifs is 1. The summed E-state index contributed by atoms with van der Waals surface area (Å²) in [6.45, 7) is 5.05. The number of hydrogen-bond acceptors (Lipinski definition) is 7. The normalized spacial score (nSPS) is 30.6. The Morgan fingerprint density at radius 3 is 2.55 bits per heavy atom. The van der Waals surface area contributed by atoms with E-state index in [2.05, 4.69) is 27.1 Å². The monoisotopic (exact) mass is 472 g/mol. The van der Waals surface area contributed by atoms with E-state index in [-0.39, 0.29) is 40.5 Å². The van der Waals surface area contributed by atoms with Crippen LogP contribution < -0.4 is 16.1 Å². The topological polar surface area (TPSA) is 118 Å². The van der Waals surface area contributed by atoms with Crippen LogP contribution in [0.1, 0.15) is 46.0 Å². The minimum Gasteiger partial charge on any atom is -0.368 e. The van der Waals surface area contributed by atoms with Gasteiger partial charge in [-0.15, -0.1) is 0 Å². The van der Waals surface area contributed by atoms with Crippen molar-refractivity contribution in [1.82, 2.24) is 20.1 Å². The third kappa shape index (κ3) is 4.01. The zero-order valence-corrected chi connectivity index (χ0v) is 19.9. The second kappa shape index (κ2) is 8.24. The minimum atomic E-state index is -3.52. The van der Waals surface area contributed by atoms with Crippen molar-refractivity contribution in [3.63, 3.8) is 0 Å². The van der Waals surface area contributed by atoms with Gasteiger partial charge in [-0.3, -0.25) is 4.79 Å². The SMILES string of the molecule is CC1(C)CCN1S(=O)(=O)c1ccc(NC2NN([C@@H](CC#N)C3CC3)C3CCNC(=O)C23)cc1. The van der Waals surface area contributed by atoms with Crippen LogP contribution in [0.4, 0.5) is 5.69 Å². The summed E-state index contributed by atoms with van der Waals surface area (Å²) in [5, 5.41) is 17.9. The summed E-state index contributed by atoms with van der Waals surface area (Å²) in [7, 11) is -3.52. The Kier molecular flexibility index (Phi) is 5.64. The molecule has 5 rings (SSSR count). The molecule has 4 atom stereocenters. The van der Waals surface area contributed by atoms with E-state index in [1.807, 2.05) is 13.8 Å². The maximum absolute atomic E-state index is 13.0. The summed E-state index contributed by atoms with van der Waals surface area (Å²) in [6, 6.07) is 9.22. The van der Waals surface area contributed by atoms with E-state index in [1.54, 1.807) is 28.6 Å². The molecule has 0 bridgehead atoms. The summed E-state index contributed by atoms with van der Waals surface area (Å²) >= 11 is 0. The quantitative estimate of drug-likeness (QED) is 0.552. The molecule has 3 unspecified atom stereocenters. The fourth-order valence-electron chi connectivity index (χ4n) is 5.49. The number of nitriles is 1. The molecule has 4 fully saturated rings. The van der Waals surface area contributed by atoms with Crippen molar-refractivity contribution >= 4 is 21.6 Å². The highest BCUT2D eigenvalue weighted by Crippen LogP contribution is 2.41. The van der Waals surface area contributed by atoms with Crippen LogP contribution >= 0.6 is 0 Å². The number of nitrogens with one attached hydrogen (secondary N) is 3. The number of benzene rings is 1. The van der Waals surface area contributed by atoms with Gasteiger partial charge < -0.3 is 10.6 Å². The molecular weight excluding hydrogens is 440 g/mol. The van der Waals surface area contributed by atoms with Crippen LogP contribution in [-0.2, 0) is 14.8 Å². The predicted molar refractivity (Wildman–Crippen MR) is 123 cm³/mol. The van der Waals surface area contributed by atoms with Crippen molar-refractivity contribution < 1.29 is 13.2 Å². The molecule has 3 saturated heterocycles. The first-order valence-electron chi connectivity index (χ1n) is 11.8. The van der Waals surface area contributed by atoms with Gasteiger partial charge in [-0.2, -0.15) is 9.57 Å². The molecule has 0 aromatic heterocycles. The molecular formula is C23H32N6O3S. The number of rotatable bonds is 7. The molecule has 178 valence electrons. The van der Waals surface area contributed by atoms with Gasteiger partial charge in [-0.1, -0.05) is 0 Å². The van der Waals surface area contributed by atoms with Crippen molar-refractivity contribution in [1.29, 1.82) is 5.26 Å². The maximum atomic E-state index is 13.0. The summed E-state index contributed by atoms with van der Waals surface area (Å²) in [4.78, 5) is 13.1. The third-order valence-electron chi connectivity index (χ3n) is 7.65. The van der Waals surface area contributed by atoms with Gasteiger partial charge in [-0.25, -0.2) is 18.9 Å². The molecule has 33 heavy (non-hydrogen) atoms. The van der Waals surface area contributed by atoms with E-state index in [1.165, 1.54) is 0 Å². The largest absolute Gasteiger partial charge is 0.368 e. The van der Waals surface area contributed by atoms with Gasteiger partial charge in [0.25, 0.3) is 0 Å². The van der Waals surface area contributed by atoms with E-state index >= 15 is 0 Å². The molecule has 0 radical (unpaired) electrons. The van der Waals surface area contributed by atoms with Crippen LogP contribution in [0.5, 0.6) is 0 Å². The highest BCUT2D eigenvalue weighted by atomic mass is 32.2. The number of piperidine rings is 1. The Bertz CT molecular complexity index is 1060. The van der Waals surface area contributed by atoms with Gasteiger partial charge in [0.05, 0.1) is 23.3 Å². The summed E-state index contributed by atoms with van der Waals surface area (Å²) in [5.74, 6) is 0.213.